The van der Waals surface area contributed by atoms with Crippen LogP contribution < -0.4 is 10.1 Å². The maximum absolute atomic E-state index is 12.3. The van der Waals surface area contributed by atoms with E-state index in [-0.39, 0.29) is 5.91 Å². The quantitative estimate of drug-likeness (QED) is 0.692. The minimum atomic E-state index is -0.467. The Hall–Kier alpha value is -1.55. The van der Waals surface area contributed by atoms with E-state index in [9.17, 15) is 4.79 Å². The molecule has 1 heterocycles. The van der Waals surface area contributed by atoms with Gasteiger partial charge in [-0.1, -0.05) is 38.5 Å². The molecule has 1 aliphatic heterocycles. The summed E-state index contributed by atoms with van der Waals surface area (Å²) in [6.45, 7) is 9.19. The molecule has 1 aromatic carbocycles. The molecule has 4 heteroatoms. The van der Waals surface area contributed by atoms with Crippen molar-refractivity contribution >= 4 is 5.91 Å². The summed E-state index contributed by atoms with van der Waals surface area (Å²) < 4.78 is 5.86. The van der Waals surface area contributed by atoms with Crippen molar-refractivity contribution in [2.45, 2.75) is 71.4 Å². The summed E-state index contributed by atoms with van der Waals surface area (Å²) in [6, 6.07) is 8.66. The normalized spacial score (nSPS) is 19.4. The summed E-state index contributed by atoms with van der Waals surface area (Å²) in [5.41, 5.74) is 1.14. The molecule has 0 saturated carbocycles. The molecule has 0 unspecified atom stereocenters. The van der Waals surface area contributed by atoms with E-state index in [2.05, 4.69) is 24.1 Å². The number of carbonyl (C=O) groups excluding carboxylic acids is 1. The maximum Gasteiger partial charge on any atom is 0.260 e. The fraction of sp³-hybridized carbons (Fsp3) is 0.667. The van der Waals surface area contributed by atoms with E-state index in [0.29, 0.717) is 0 Å². The highest BCUT2D eigenvalue weighted by Gasteiger charge is 2.20. The number of aryl methyl sites for hydroxylation is 1. The SMILES string of the molecule is CCc1ccccc1O[C@@H](C)C(=O)NCCCN1CCCC[C@H]1CC. The highest BCUT2D eigenvalue weighted by atomic mass is 16.5. The molecule has 4 nitrogen and oxygen atoms in total. The molecule has 0 bridgehead atoms. The lowest BCUT2D eigenvalue weighted by Crippen LogP contribution is -2.41. The number of nitrogens with one attached hydrogen (secondary N) is 1. The third-order valence-corrected chi connectivity index (χ3v) is 5.17. The van der Waals surface area contributed by atoms with Gasteiger partial charge < -0.3 is 15.0 Å². The fourth-order valence-electron chi connectivity index (χ4n) is 3.61. The molecule has 2 atom stereocenters. The summed E-state index contributed by atoms with van der Waals surface area (Å²) >= 11 is 0. The Balaban J connectivity index is 1.70. The lowest BCUT2D eigenvalue weighted by Gasteiger charge is -2.35. The molecule has 0 aromatic heterocycles. The molecule has 25 heavy (non-hydrogen) atoms. The molecular formula is C21H34N2O2. The predicted octanol–water partition coefficient (Wildman–Crippen LogP) is 3.79. The number of amides is 1. The highest BCUT2D eigenvalue weighted by molar-refractivity contribution is 5.80. The van der Waals surface area contributed by atoms with Crippen molar-refractivity contribution in [1.82, 2.24) is 10.2 Å². The Morgan fingerprint density at radius 3 is 2.88 bits per heavy atom. The third-order valence-electron chi connectivity index (χ3n) is 5.17. The lowest BCUT2D eigenvalue weighted by atomic mass is 10.00. The van der Waals surface area contributed by atoms with E-state index in [1.165, 1.54) is 32.2 Å². The summed E-state index contributed by atoms with van der Waals surface area (Å²) in [5, 5.41) is 3.02. The number of hydrogen-bond donors (Lipinski definition) is 1. The standard InChI is InChI=1S/C21H34N2O2/c1-4-18-11-6-7-13-20(18)25-17(3)21(24)22-14-10-16-23-15-9-8-12-19(23)5-2/h6-7,11,13,17,19H,4-5,8-10,12,14-16H2,1-3H3,(H,22,24)/t17-,19+/m0/s1. The van der Waals surface area contributed by atoms with Crippen molar-refractivity contribution in [3.05, 3.63) is 29.8 Å². The molecule has 140 valence electrons. The number of ether oxygens (including phenoxy) is 1. The van der Waals surface area contributed by atoms with Crippen LogP contribution in [0.5, 0.6) is 5.75 Å². The van der Waals surface area contributed by atoms with Gasteiger partial charge in [-0.05, 0) is 57.2 Å². The van der Waals surface area contributed by atoms with Gasteiger partial charge in [-0.15, -0.1) is 0 Å². The summed E-state index contributed by atoms with van der Waals surface area (Å²) in [5.74, 6) is 0.781. The topological polar surface area (TPSA) is 41.6 Å². The van der Waals surface area contributed by atoms with Gasteiger partial charge in [0.2, 0.25) is 0 Å². The molecule has 2 rings (SSSR count). The van der Waals surface area contributed by atoms with Crippen molar-refractivity contribution in [3.63, 3.8) is 0 Å². The van der Waals surface area contributed by atoms with Gasteiger partial charge in [0, 0.05) is 19.1 Å². The average molecular weight is 347 g/mol. The number of likely N-dealkylation sites (tertiary alicyclic amines) is 1. The van der Waals surface area contributed by atoms with E-state index in [4.69, 9.17) is 4.74 Å². The zero-order valence-corrected chi connectivity index (χ0v) is 16.1. The van der Waals surface area contributed by atoms with Gasteiger partial charge in [-0.2, -0.15) is 0 Å². The fourth-order valence-corrected chi connectivity index (χ4v) is 3.61. The van der Waals surface area contributed by atoms with Crippen molar-refractivity contribution in [3.8, 4) is 5.75 Å². The lowest BCUT2D eigenvalue weighted by molar-refractivity contribution is -0.127. The molecular weight excluding hydrogens is 312 g/mol. The number of nitrogens with zero attached hydrogens (tertiary/aromatic N) is 1. The van der Waals surface area contributed by atoms with Gasteiger partial charge in [0.25, 0.3) is 5.91 Å². The predicted molar refractivity (Wildman–Crippen MR) is 103 cm³/mol. The zero-order chi connectivity index (χ0) is 18.1. The first-order valence-corrected chi connectivity index (χ1v) is 9.92. The summed E-state index contributed by atoms with van der Waals surface area (Å²) in [4.78, 5) is 14.9. The van der Waals surface area contributed by atoms with Crippen molar-refractivity contribution in [2.75, 3.05) is 19.6 Å². The van der Waals surface area contributed by atoms with Crippen LogP contribution in [-0.2, 0) is 11.2 Å². The van der Waals surface area contributed by atoms with Gasteiger partial charge in [0.05, 0.1) is 0 Å². The number of benzene rings is 1. The van der Waals surface area contributed by atoms with E-state index in [0.717, 1.165) is 43.3 Å². The Bertz CT molecular complexity index is 532. The number of piperidine rings is 1. The second kappa shape index (κ2) is 10.4. The molecule has 1 saturated heterocycles. The van der Waals surface area contributed by atoms with Crippen LogP contribution in [0.25, 0.3) is 0 Å². The molecule has 0 radical (unpaired) electrons. The Morgan fingerprint density at radius 2 is 2.12 bits per heavy atom. The monoisotopic (exact) mass is 346 g/mol. The van der Waals surface area contributed by atoms with Gasteiger partial charge >= 0.3 is 0 Å². The van der Waals surface area contributed by atoms with E-state index < -0.39 is 6.10 Å². The molecule has 0 spiro atoms. The largest absolute Gasteiger partial charge is 0.481 e. The van der Waals surface area contributed by atoms with Crippen LogP contribution in [0, 0.1) is 0 Å². The van der Waals surface area contributed by atoms with Crippen molar-refractivity contribution < 1.29 is 9.53 Å². The molecule has 1 aromatic rings. The number of rotatable bonds is 9. The Morgan fingerprint density at radius 1 is 1.32 bits per heavy atom. The van der Waals surface area contributed by atoms with E-state index in [1.807, 2.05) is 31.2 Å². The van der Waals surface area contributed by atoms with Gasteiger partial charge in [-0.3, -0.25) is 4.79 Å². The smallest absolute Gasteiger partial charge is 0.260 e. The van der Waals surface area contributed by atoms with Crippen LogP contribution in [-0.4, -0.2) is 42.6 Å². The number of carbonyl (C=O) groups is 1. The second-order valence-electron chi connectivity index (χ2n) is 6.96. The minimum Gasteiger partial charge on any atom is -0.481 e. The van der Waals surface area contributed by atoms with Crippen LogP contribution in [0.2, 0.25) is 0 Å². The maximum atomic E-state index is 12.3. The minimum absolute atomic E-state index is 0.0309. The van der Waals surface area contributed by atoms with E-state index >= 15 is 0 Å². The van der Waals surface area contributed by atoms with Crippen LogP contribution in [0.3, 0.4) is 0 Å². The first-order chi connectivity index (χ1) is 12.2. The van der Waals surface area contributed by atoms with Gasteiger partial charge in [0.1, 0.15) is 5.75 Å². The number of para-hydroxylation sites is 1. The zero-order valence-electron chi connectivity index (χ0n) is 16.1. The Kier molecular flexibility index (Phi) is 8.26. The van der Waals surface area contributed by atoms with Crippen LogP contribution in [0.1, 0.15) is 58.4 Å². The summed E-state index contributed by atoms with van der Waals surface area (Å²) in [6.07, 6.45) is 6.66. The van der Waals surface area contributed by atoms with Gasteiger partial charge in [-0.25, -0.2) is 0 Å². The van der Waals surface area contributed by atoms with Crippen molar-refractivity contribution in [2.24, 2.45) is 0 Å². The van der Waals surface area contributed by atoms with Crippen molar-refractivity contribution in [1.29, 1.82) is 0 Å². The molecule has 1 N–H and O–H groups in total. The number of hydrogen-bond acceptors (Lipinski definition) is 3. The molecule has 1 amide bonds. The first-order valence-electron chi connectivity index (χ1n) is 9.92. The van der Waals surface area contributed by atoms with Gasteiger partial charge in [0.15, 0.2) is 6.10 Å². The van der Waals surface area contributed by atoms with E-state index in [1.54, 1.807) is 0 Å². The molecule has 1 aliphatic rings. The Labute approximate surface area is 152 Å². The first kappa shape index (κ1) is 19.8. The molecule has 0 aliphatic carbocycles. The summed E-state index contributed by atoms with van der Waals surface area (Å²) in [7, 11) is 0. The second-order valence-corrected chi connectivity index (χ2v) is 6.96. The highest BCUT2D eigenvalue weighted by Crippen LogP contribution is 2.20. The molecule has 1 fully saturated rings. The third kappa shape index (κ3) is 6.03. The van der Waals surface area contributed by atoms with Crippen LogP contribution in [0.4, 0.5) is 0 Å². The van der Waals surface area contributed by atoms with Crippen LogP contribution in [0.15, 0.2) is 24.3 Å². The van der Waals surface area contributed by atoms with Crippen LogP contribution >= 0.6 is 0 Å². The average Bonchev–Trinajstić information content (AvgIpc) is 2.65.